The van der Waals surface area contributed by atoms with Crippen molar-refractivity contribution in [2.45, 2.75) is 19.5 Å². The van der Waals surface area contributed by atoms with Crippen molar-refractivity contribution >= 4 is 11.9 Å². The van der Waals surface area contributed by atoms with Crippen LogP contribution in [0.5, 0.6) is 11.5 Å². The van der Waals surface area contributed by atoms with E-state index in [9.17, 15) is 14.7 Å². The first-order chi connectivity index (χ1) is 10.5. The number of carboxylic acids is 1. The molecule has 1 aliphatic heterocycles. The molecule has 22 heavy (non-hydrogen) atoms. The second-order valence-corrected chi connectivity index (χ2v) is 5.10. The smallest absolute Gasteiger partial charge is 0.336 e. The molecule has 1 amide bonds. The fraction of sp³-hybridized carbons (Fsp3) is 0.467. The summed E-state index contributed by atoms with van der Waals surface area (Å²) in [5.41, 5.74) is 0.659. The van der Waals surface area contributed by atoms with Crippen LogP contribution >= 0.6 is 0 Å². The second kappa shape index (κ2) is 6.65. The molecule has 1 aromatic rings. The van der Waals surface area contributed by atoms with E-state index in [-0.39, 0.29) is 17.5 Å². The minimum atomic E-state index is -1.05. The Morgan fingerprint density at radius 3 is 2.73 bits per heavy atom. The van der Waals surface area contributed by atoms with Crippen LogP contribution in [0.2, 0.25) is 0 Å². The summed E-state index contributed by atoms with van der Waals surface area (Å²) in [5, 5.41) is 12.2. The van der Waals surface area contributed by atoms with E-state index in [0.717, 1.165) is 0 Å². The van der Waals surface area contributed by atoms with E-state index in [0.29, 0.717) is 36.7 Å². The van der Waals surface area contributed by atoms with Gasteiger partial charge in [-0.3, -0.25) is 9.69 Å². The molecule has 7 nitrogen and oxygen atoms in total. The normalized spacial score (nSPS) is 18.7. The average molecular weight is 308 g/mol. The van der Waals surface area contributed by atoms with Gasteiger partial charge in [-0.15, -0.1) is 0 Å². The molecule has 7 heteroatoms. The van der Waals surface area contributed by atoms with Crippen molar-refractivity contribution in [2.24, 2.45) is 0 Å². The van der Waals surface area contributed by atoms with Crippen LogP contribution in [0.1, 0.15) is 22.8 Å². The summed E-state index contributed by atoms with van der Waals surface area (Å²) in [6.45, 7) is 3.32. The molecule has 2 N–H and O–H groups in total. The van der Waals surface area contributed by atoms with E-state index in [1.165, 1.54) is 20.3 Å². The van der Waals surface area contributed by atoms with Crippen molar-refractivity contribution in [2.75, 3.05) is 27.3 Å². The van der Waals surface area contributed by atoms with Gasteiger partial charge in [0.15, 0.2) is 0 Å². The molecule has 120 valence electrons. The van der Waals surface area contributed by atoms with E-state index in [1.54, 1.807) is 13.0 Å². The fourth-order valence-corrected chi connectivity index (χ4v) is 2.52. The maximum absolute atomic E-state index is 11.7. The number of aromatic carboxylic acids is 1. The Balaban J connectivity index is 2.40. The predicted octanol–water partition coefficient (Wildman–Crippen LogP) is 0.722. The molecule has 1 unspecified atom stereocenters. The third-order valence-corrected chi connectivity index (χ3v) is 3.86. The first-order valence-corrected chi connectivity index (χ1v) is 6.98. The van der Waals surface area contributed by atoms with Gasteiger partial charge in [0.1, 0.15) is 11.5 Å². The van der Waals surface area contributed by atoms with Gasteiger partial charge in [0.2, 0.25) is 5.91 Å². The topological polar surface area (TPSA) is 88.1 Å². The van der Waals surface area contributed by atoms with Crippen molar-refractivity contribution in [3.05, 3.63) is 23.3 Å². The van der Waals surface area contributed by atoms with Crippen LogP contribution in [0.15, 0.2) is 12.1 Å². The highest BCUT2D eigenvalue weighted by Gasteiger charge is 2.28. The molecule has 0 aromatic heterocycles. The number of piperazine rings is 1. The minimum absolute atomic E-state index is 0.0596. The zero-order valence-corrected chi connectivity index (χ0v) is 12.9. The van der Waals surface area contributed by atoms with Gasteiger partial charge in [-0.2, -0.15) is 0 Å². The number of ether oxygens (including phenoxy) is 2. The second-order valence-electron chi connectivity index (χ2n) is 5.10. The number of amides is 1. The van der Waals surface area contributed by atoms with Gasteiger partial charge >= 0.3 is 5.97 Å². The van der Waals surface area contributed by atoms with Crippen LogP contribution in [0.3, 0.4) is 0 Å². The molecule has 1 fully saturated rings. The monoisotopic (exact) mass is 308 g/mol. The van der Waals surface area contributed by atoms with E-state index >= 15 is 0 Å². The Hall–Kier alpha value is -2.28. The van der Waals surface area contributed by atoms with Crippen molar-refractivity contribution in [1.82, 2.24) is 10.2 Å². The highest BCUT2D eigenvalue weighted by molar-refractivity contribution is 5.91. The standard InChI is InChI=1S/C15H20N2O5/c1-9-14(18)16-4-5-17(9)8-12-11(15(19)20)6-10(21-2)7-13(12)22-3/h6-7,9H,4-5,8H2,1-3H3,(H,16,18)(H,19,20). The molecule has 1 saturated heterocycles. The fourth-order valence-electron chi connectivity index (χ4n) is 2.52. The zero-order valence-electron chi connectivity index (χ0n) is 12.9. The highest BCUT2D eigenvalue weighted by atomic mass is 16.5. The van der Waals surface area contributed by atoms with Crippen LogP contribution < -0.4 is 14.8 Å². The Labute approximate surface area is 128 Å². The van der Waals surface area contributed by atoms with Gasteiger partial charge in [-0.05, 0) is 13.0 Å². The number of rotatable bonds is 5. The molecular weight excluding hydrogens is 288 g/mol. The maximum atomic E-state index is 11.7. The minimum Gasteiger partial charge on any atom is -0.497 e. The van der Waals surface area contributed by atoms with Gasteiger partial charge in [-0.1, -0.05) is 0 Å². The van der Waals surface area contributed by atoms with Crippen LogP contribution in [0.4, 0.5) is 0 Å². The number of nitrogens with one attached hydrogen (secondary N) is 1. The molecule has 1 heterocycles. The Morgan fingerprint density at radius 2 is 2.14 bits per heavy atom. The largest absolute Gasteiger partial charge is 0.497 e. The summed E-state index contributed by atoms with van der Waals surface area (Å²) >= 11 is 0. The van der Waals surface area contributed by atoms with E-state index < -0.39 is 5.97 Å². The van der Waals surface area contributed by atoms with Crippen molar-refractivity contribution in [1.29, 1.82) is 0 Å². The van der Waals surface area contributed by atoms with Crippen molar-refractivity contribution < 1.29 is 24.2 Å². The van der Waals surface area contributed by atoms with E-state index in [1.807, 2.05) is 4.90 Å². The summed E-state index contributed by atoms with van der Waals surface area (Å²) in [7, 11) is 2.95. The zero-order chi connectivity index (χ0) is 16.3. The molecule has 0 spiro atoms. The first-order valence-electron chi connectivity index (χ1n) is 6.98. The van der Waals surface area contributed by atoms with Gasteiger partial charge in [0.05, 0.1) is 25.8 Å². The van der Waals surface area contributed by atoms with Crippen LogP contribution in [0, 0.1) is 0 Å². The molecule has 1 aliphatic rings. The SMILES string of the molecule is COc1cc(OC)c(CN2CCNC(=O)C2C)c(C(=O)O)c1. The van der Waals surface area contributed by atoms with Crippen LogP contribution in [-0.2, 0) is 11.3 Å². The predicted molar refractivity (Wildman–Crippen MR) is 79.4 cm³/mol. The van der Waals surface area contributed by atoms with Crippen molar-refractivity contribution in [3.63, 3.8) is 0 Å². The summed E-state index contributed by atoms with van der Waals surface area (Å²) in [5.74, 6) is -0.255. The lowest BCUT2D eigenvalue weighted by Gasteiger charge is -2.33. The average Bonchev–Trinajstić information content (AvgIpc) is 2.51. The molecule has 1 aromatic carbocycles. The molecule has 2 rings (SSSR count). The molecule has 0 saturated carbocycles. The number of carboxylic acid groups (broad SMARTS) is 1. The number of hydrogen-bond donors (Lipinski definition) is 2. The third kappa shape index (κ3) is 3.14. The highest BCUT2D eigenvalue weighted by Crippen LogP contribution is 2.30. The maximum Gasteiger partial charge on any atom is 0.336 e. The number of hydrogen-bond acceptors (Lipinski definition) is 5. The van der Waals surface area contributed by atoms with E-state index in [2.05, 4.69) is 5.32 Å². The lowest BCUT2D eigenvalue weighted by atomic mass is 10.0. The molecule has 0 aliphatic carbocycles. The van der Waals surface area contributed by atoms with Crippen LogP contribution in [0.25, 0.3) is 0 Å². The van der Waals surface area contributed by atoms with Gasteiger partial charge < -0.3 is 19.9 Å². The van der Waals surface area contributed by atoms with Crippen LogP contribution in [-0.4, -0.2) is 55.2 Å². The summed E-state index contributed by atoms with van der Waals surface area (Å²) in [6, 6.07) is 2.80. The lowest BCUT2D eigenvalue weighted by molar-refractivity contribution is -0.128. The lowest BCUT2D eigenvalue weighted by Crippen LogP contribution is -2.53. The Kier molecular flexibility index (Phi) is 4.87. The molecular formula is C15H20N2O5. The van der Waals surface area contributed by atoms with Gasteiger partial charge in [0, 0.05) is 31.3 Å². The molecule has 0 bridgehead atoms. The summed E-state index contributed by atoms with van der Waals surface area (Å²) in [4.78, 5) is 25.2. The number of benzene rings is 1. The number of nitrogens with zero attached hydrogens (tertiary/aromatic N) is 1. The van der Waals surface area contributed by atoms with Crippen molar-refractivity contribution in [3.8, 4) is 11.5 Å². The molecule has 1 atom stereocenters. The number of carbonyl (C=O) groups is 2. The first kappa shape index (κ1) is 16.1. The quantitative estimate of drug-likeness (QED) is 0.833. The van der Waals surface area contributed by atoms with Gasteiger partial charge in [0.25, 0.3) is 0 Å². The Bertz CT molecular complexity index is 588. The summed E-state index contributed by atoms with van der Waals surface area (Å²) < 4.78 is 10.4. The third-order valence-electron chi connectivity index (χ3n) is 3.86. The number of methoxy groups -OCH3 is 2. The molecule has 0 radical (unpaired) electrons. The summed E-state index contributed by atoms with van der Waals surface area (Å²) in [6.07, 6.45) is 0. The Morgan fingerprint density at radius 1 is 1.41 bits per heavy atom. The number of carbonyl (C=O) groups excluding carboxylic acids is 1. The van der Waals surface area contributed by atoms with E-state index in [4.69, 9.17) is 9.47 Å². The van der Waals surface area contributed by atoms with Gasteiger partial charge in [-0.25, -0.2) is 4.79 Å².